The van der Waals surface area contributed by atoms with Gasteiger partial charge in [0.15, 0.2) is 0 Å². The third-order valence-electron chi connectivity index (χ3n) is 2.31. The van der Waals surface area contributed by atoms with Crippen molar-refractivity contribution in [3.8, 4) is 0 Å². The maximum absolute atomic E-state index is 5.68. The summed E-state index contributed by atoms with van der Waals surface area (Å²) in [5, 5.41) is 0. The zero-order valence-corrected chi connectivity index (χ0v) is 9.64. The highest BCUT2D eigenvalue weighted by Crippen LogP contribution is 2.06. The molecule has 2 heterocycles. The largest absolute Gasteiger partial charge is 0.329 e. The summed E-state index contributed by atoms with van der Waals surface area (Å²) in [5.41, 5.74) is 2.12. The van der Waals surface area contributed by atoms with Gasteiger partial charge >= 0.3 is 0 Å². The molecule has 16 heavy (non-hydrogen) atoms. The topological polar surface area (TPSA) is 43.6 Å². The maximum Gasteiger partial charge on any atom is 0.0951 e. The summed E-state index contributed by atoms with van der Waals surface area (Å²) in [7, 11) is 0. The van der Waals surface area contributed by atoms with Gasteiger partial charge in [0.05, 0.1) is 24.8 Å². The lowest BCUT2D eigenvalue weighted by Crippen LogP contribution is -2.05. The second-order valence-electron chi connectivity index (χ2n) is 3.50. The molecule has 0 spiro atoms. The molecule has 0 aliphatic rings. The number of rotatable bonds is 5. The normalized spacial score (nSPS) is 10.6. The highest BCUT2D eigenvalue weighted by Gasteiger charge is 2.03. The van der Waals surface area contributed by atoms with Gasteiger partial charge in [0.2, 0.25) is 0 Å². The Hall–Kier alpha value is -1.42. The van der Waals surface area contributed by atoms with Crippen molar-refractivity contribution in [2.75, 3.05) is 5.88 Å². The minimum atomic E-state index is 0.677. The van der Waals surface area contributed by atoms with Gasteiger partial charge in [0.1, 0.15) is 0 Å². The smallest absolute Gasteiger partial charge is 0.0951 e. The molecular formula is C11H13ClN4. The van der Waals surface area contributed by atoms with E-state index in [4.69, 9.17) is 11.6 Å². The number of aromatic nitrogens is 4. The molecule has 0 atom stereocenters. The van der Waals surface area contributed by atoms with E-state index in [1.54, 1.807) is 18.6 Å². The molecule has 0 unspecified atom stereocenters. The van der Waals surface area contributed by atoms with Crippen LogP contribution in [0.25, 0.3) is 0 Å². The predicted octanol–water partition coefficient (Wildman–Crippen LogP) is 1.89. The number of imidazole rings is 1. The van der Waals surface area contributed by atoms with E-state index in [-0.39, 0.29) is 0 Å². The van der Waals surface area contributed by atoms with Crippen LogP contribution in [-0.4, -0.2) is 25.4 Å². The average Bonchev–Trinajstić information content (AvgIpc) is 2.75. The number of alkyl halides is 1. The zero-order chi connectivity index (χ0) is 11.2. The molecule has 0 radical (unpaired) electrons. The Morgan fingerprint density at radius 2 is 2.12 bits per heavy atom. The molecule has 0 bridgehead atoms. The van der Waals surface area contributed by atoms with Gasteiger partial charge in [-0.25, -0.2) is 4.98 Å². The third kappa shape index (κ3) is 2.79. The van der Waals surface area contributed by atoms with Crippen LogP contribution < -0.4 is 0 Å². The van der Waals surface area contributed by atoms with Crippen LogP contribution in [0.3, 0.4) is 0 Å². The molecular weight excluding hydrogens is 224 g/mol. The predicted molar refractivity (Wildman–Crippen MR) is 62.4 cm³/mol. The van der Waals surface area contributed by atoms with Crippen LogP contribution >= 0.6 is 11.6 Å². The van der Waals surface area contributed by atoms with E-state index in [9.17, 15) is 0 Å². The summed E-state index contributed by atoms with van der Waals surface area (Å²) in [6, 6.07) is 0. The molecule has 0 saturated heterocycles. The highest BCUT2D eigenvalue weighted by molar-refractivity contribution is 6.17. The molecule has 2 rings (SSSR count). The van der Waals surface area contributed by atoms with Gasteiger partial charge in [-0.15, -0.1) is 11.6 Å². The number of aryl methyl sites for hydroxylation is 1. The van der Waals surface area contributed by atoms with E-state index in [2.05, 4.69) is 19.5 Å². The van der Waals surface area contributed by atoms with Crippen molar-refractivity contribution < 1.29 is 0 Å². The van der Waals surface area contributed by atoms with Crippen molar-refractivity contribution in [3.63, 3.8) is 0 Å². The minimum absolute atomic E-state index is 0.677. The second-order valence-corrected chi connectivity index (χ2v) is 3.88. The Morgan fingerprint density at radius 1 is 1.19 bits per heavy atom. The number of hydrogen-bond donors (Lipinski definition) is 0. The lowest BCUT2D eigenvalue weighted by atomic mass is 10.2. The summed E-state index contributed by atoms with van der Waals surface area (Å²) in [4.78, 5) is 12.4. The SMILES string of the molecule is ClCCCc1cncn1Cc1cnccn1. The molecule has 0 N–H and O–H groups in total. The van der Waals surface area contributed by atoms with Crippen molar-refractivity contribution in [1.82, 2.24) is 19.5 Å². The van der Waals surface area contributed by atoms with Gasteiger partial charge < -0.3 is 4.57 Å². The lowest BCUT2D eigenvalue weighted by molar-refractivity contribution is 0.707. The van der Waals surface area contributed by atoms with Crippen LogP contribution in [0.2, 0.25) is 0 Å². The van der Waals surface area contributed by atoms with E-state index < -0.39 is 0 Å². The van der Waals surface area contributed by atoms with Crippen LogP contribution in [-0.2, 0) is 13.0 Å². The van der Waals surface area contributed by atoms with E-state index in [1.807, 2.05) is 12.5 Å². The molecule has 2 aromatic rings. The average molecular weight is 237 g/mol. The van der Waals surface area contributed by atoms with Crippen molar-refractivity contribution in [2.45, 2.75) is 19.4 Å². The van der Waals surface area contributed by atoms with Crippen LogP contribution in [0.15, 0.2) is 31.1 Å². The Labute approximate surface area is 99.3 Å². The maximum atomic E-state index is 5.68. The summed E-state index contributed by atoms with van der Waals surface area (Å²) in [5.74, 6) is 0.677. The number of halogens is 1. The van der Waals surface area contributed by atoms with Gasteiger partial charge in [-0.1, -0.05) is 0 Å². The Morgan fingerprint density at radius 3 is 2.88 bits per heavy atom. The van der Waals surface area contributed by atoms with Gasteiger partial charge in [-0.3, -0.25) is 9.97 Å². The standard InChI is InChI=1S/C11H13ClN4/c12-3-1-2-11-7-14-9-16(11)8-10-6-13-4-5-15-10/h4-7,9H,1-3,8H2. The number of hydrogen-bond acceptors (Lipinski definition) is 3. The minimum Gasteiger partial charge on any atom is -0.329 e. The van der Waals surface area contributed by atoms with E-state index in [0.717, 1.165) is 18.5 Å². The molecule has 5 heteroatoms. The second kappa shape index (κ2) is 5.61. The zero-order valence-electron chi connectivity index (χ0n) is 8.88. The molecule has 4 nitrogen and oxygen atoms in total. The molecule has 0 aliphatic heterocycles. The van der Waals surface area contributed by atoms with Gasteiger partial charge in [0.25, 0.3) is 0 Å². The first-order valence-corrected chi connectivity index (χ1v) is 5.73. The fraction of sp³-hybridized carbons (Fsp3) is 0.364. The molecule has 0 aromatic carbocycles. The highest BCUT2D eigenvalue weighted by atomic mass is 35.5. The molecule has 84 valence electrons. The van der Waals surface area contributed by atoms with Crippen molar-refractivity contribution >= 4 is 11.6 Å². The van der Waals surface area contributed by atoms with Gasteiger partial charge in [-0.2, -0.15) is 0 Å². The monoisotopic (exact) mass is 236 g/mol. The van der Waals surface area contributed by atoms with E-state index in [1.165, 1.54) is 5.69 Å². The first-order valence-electron chi connectivity index (χ1n) is 5.20. The van der Waals surface area contributed by atoms with Crippen LogP contribution in [0.4, 0.5) is 0 Å². The van der Waals surface area contributed by atoms with Crippen molar-refractivity contribution in [2.24, 2.45) is 0 Å². The molecule has 2 aromatic heterocycles. The molecule has 0 amide bonds. The Bertz CT molecular complexity index is 427. The Balaban J connectivity index is 2.07. The third-order valence-corrected chi connectivity index (χ3v) is 2.58. The van der Waals surface area contributed by atoms with Crippen LogP contribution in [0, 0.1) is 0 Å². The van der Waals surface area contributed by atoms with Crippen molar-refractivity contribution in [3.05, 3.63) is 42.5 Å². The van der Waals surface area contributed by atoms with Gasteiger partial charge in [0, 0.05) is 30.2 Å². The fourth-order valence-corrected chi connectivity index (χ4v) is 1.67. The quantitative estimate of drug-likeness (QED) is 0.745. The van der Waals surface area contributed by atoms with Crippen molar-refractivity contribution in [1.29, 1.82) is 0 Å². The first-order chi connectivity index (χ1) is 7.90. The fourth-order valence-electron chi connectivity index (χ4n) is 1.53. The molecule has 0 aliphatic carbocycles. The summed E-state index contributed by atoms with van der Waals surface area (Å²) >= 11 is 5.68. The summed E-state index contributed by atoms with van der Waals surface area (Å²) in [6.45, 7) is 0.714. The van der Waals surface area contributed by atoms with Gasteiger partial charge in [-0.05, 0) is 12.8 Å². The van der Waals surface area contributed by atoms with E-state index in [0.29, 0.717) is 12.4 Å². The van der Waals surface area contributed by atoms with E-state index >= 15 is 0 Å². The Kier molecular flexibility index (Phi) is 3.88. The summed E-state index contributed by atoms with van der Waals surface area (Å²) < 4.78 is 2.08. The van der Waals surface area contributed by atoms with Crippen LogP contribution in [0.1, 0.15) is 17.8 Å². The molecule has 0 saturated carbocycles. The van der Waals surface area contributed by atoms with Crippen LogP contribution in [0.5, 0.6) is 0 Å². The first kappa shape index (κ1) is 11.1. The summed E-state index contributed by atoms with van der Waals surface area (Å²) in [6.07, 6.45) is 10.8. The lowest BCUT2D eigenvalue weighted by Gasteiger charge is -2.06. The number of nitrogens with zero attached hydrogens (tertiary/aromatic N) is 4. The molecule has 0 fully saturated rings.